The van der Waals surface area contributed by atoms with Crippen LogP contribution in [0, 0.1) is 0 Å². The number of benzene rings is 2. The van der Waals surface area contributed by atoms with Crippen molar-refractivity contribution in [3.05, 3.63) is 60.0 Å². The highest BCUT2D eigenvalue weighted by Gasteiger charge is 2.30. The summed E-state index contributed by atoms with van der Waals surface area (Å²) in [7, 11) is 0. The molecule has 0 amide bonds. The molecule has 0 saturated carbocycles. The van der Waals surface area contributed by atoms with Crippen LogP contribution in [0.3, 0.4) is 0 Å². The van der Waals surface area contributed by atoms with Crippen molar-refractivity contribution in [2.24, 2.45) is 4.99 Å². The zero-order valence-corrected chi connectivity index (χ0v) is 13.7. The minimum absolute atomic E-state index is 0.0754. The third-order valence-corrected chi connectivity index (χ3v) is 4.61. The van der Waals surface area contributed by atoms with Gasteiger partial charge in [0, 0.05) is 22.2 Å². The molecule has 1 atom stereocenters. The van der Waals surface area contributed by atoms with Gasteiger partial charge in [-0.05, 0) is 42.7 Å². The molecule has 2 heterocycles. The van der Waals surface area contributed by atoms with Crippen LogP contribution in [0.1, 0.15) is 22.2 Å². The van der Waals surface area contributed by atoms with Gasteiger partial charge >= 0.3 is 0 Å². The molecule has 1 aliphatic heterocycles. The standard InChI is InChI=1S/C18H13N3O2S/c1-24-12-8-6-11(7-9-12)17-20-18(23-21-17)14-10-19-15-5-3-2-4-13(15)16(14)22/h2-10,14H,1H3. The third kappa shape index (κ3) is 2.55. The van der Waals surface area contributed by atoms with Gasteiger partial charge in [-0.1, -0.05) is 17.3 Å². The maximum Gasteiger partial charge on any atom is 0.243 e. The van der Waals surface area contributed by atoms with E-state index in [4.69, 9.17) is 4.52 Å². The van der Waals surface area contributed by atoms with E-state index in [0.29, 0.717) is 17.1 Å². The Bertz CT molecular complexity index is 931. The lowest BCUT2D eigenvalue weighted by atomic mass is 9.94. The van der Waals surface area contributed by atoms with Crippen LogP contribution in [-0.4, -0.2) is 28.4 Å². The van der Waals surface area contributed by atoms with E-state index in [1.807, 2.05) is 48.7 Å². The minimum atomic E-state index is -0.633. The third-order valence-electron chi connectivity index (χ3n) is 3.87. The number of aliphatic imine (C=N–C) groups is 1. The number of hydrogen-bond donors (Lipinski definition) is 0. The quantitative estimate of drug-likeness (QED) is 0.673. The van der Waals surface area contributed by atoms with Gasteiger partial charge in [0.25, 0.3) is 0 Å². The number of para-hydroxylation sites is 1. The largest absolute Gasteiger partial charge is 0.338 e. The Kier molecular flexibility index (Phi) is 3.74. The Hall–Kier alpha value is -2.73. The number of carbonyl (C=O) groups excluding carboxylic acids is 1. The van der Waals surface area contributed by atoms with Gasteiger partial charge in [0.1, 0.15) is 5.92 Å². The summed E-state index contributed by atoms with van der Waals surface area (Å²) in [5.74, 6) is 0.0278. The van der Waals surface area contributed by atoms with Gasteiger partial charge in [0.2, 0.25) is 11.7 Å². The topological polar surface area (TPSA) is 68.3 Å². The molecule has 0 aliphatic carbocycles. The van der Waals surface area contributed by atoms with Crippen LogP contribution in [0.5, 0.6) is 0 Å². The first-order chi connectivity index (χ1) is 11.8. The molecule has 0 radical (unpaired) electrons. The second-order valence-corrected chi connectivity index (χ2v) is 6.20. The highest BCUT2D eigenvalue weighted by molar-refractivity contribution is 7.98. The molecular weight excluding hydrogens is 322 g/mol. The Labute approximate surface area is 142 Å². The van der Waals surface area contributed by atoms with E-state index in [1.165, 1.54) is 0 Å². The Balaban J connectivity index is 1.65. The van der Waals surface area contributed by atoms with E-state index in [2.05, 4.69) is 15.1 Å². The number of ketones is 1. The summed E-state index contributed by atoms with van der Waals surface area (Å²) in [5.41, 5.74) is 2.10. The molecule has 1 unspecified atom stereocenters. The zero-order valence-electron chi connectivity index (χ0n) is 12.8. The normalized spacial score (nSPS) is 16.2. The van der Waals surface area contributed by atoms with Crippen LogP contribution < -0.4 is 0 Å². The summed E-state index contributed by atoms with van der Waals surface area (Å²) in [4.78, 5) is 22.5. The van der Waals surface area contributed by atoms with E-state index in [0.717, 1.165) is 10.5 Å². The first kappa shape index (κ1) is 14.8. The number of nitrogens with zero attached hydrogens (tertiary/aromatic N) is 3. The highest BCUT2D eigenvalue weighted by Crippen LogP contribution is 2.31. The highest BCUT2D eigenvalue weighted by atomic mass is 32.2. The summed E-state index contributed by atoms with van der Waals surface area (Å²) in [6.07, 6.45) is 3.59. The summed E-state index contributed by atoms with van der Waals surface area (Å²) < 4.78 is 5.32. The SMILES string of the molecule is CSc1ccc(-c2noc(C3C=Nc4ccccc4C3=O)n2)cc1. The van der Waals surface area contributed by atoms with E-state index in [1.54, 1.807) is 24.0 Å². The van der Waals surface area contributed by atoms with Crippen LogP contribution in [0.15, 0.2) is 62.9 Å². The van der Waals surface area contributed by atoms with Crippen molar-refractivity contribution >= 4 is 29.4 Å². The van der Waals surface area contributed by atoms with Gasteiger partial charge in [0.15, 0.2) is 5.78 Å². The number of Topliss-reactive ketones (excluding diaryl/α,β-unsaturated/α-hetero) is 1. The van der Waals surface area contributed by atoms with Gasteiger partial charge < -0.3 is 4.52 Å². The Morgan fingerprint density at radius 1 is 1.08 bits per heavy atom. The molecule has 0 spiro atoms. The maximum absolute atomic E-state index is 12.6. The van der Waals surface area contributed by atoms with Crippen LogP contribution in [0.4, 0.5) is 5.69 Å². The van der Waals surface area contributed by atoms with Crippen LogP contribution >= 0.6 is 11.8 Å². The number of thioether (sulfide) groups is 1. The average molecular weight is 335 g/mol. The number of rotatable bonds is 3. The van der Waals surface area contributed by atoms with Crippen molar-refractivity contribution in [1.82, 2.24) is 10.1 Å². The van der Waals surface area contributed by atoms with Crippen molar-refractivity contribution in [1.29, 1.82) is 0 Å². The molecule has 0 bridgehead atoms. The first-order valence-electron chi connectivity index (χ1n) is 7.42. The van der Waals surface area contributed by atoms with Crippen LogP contribution in [0.2, 0.25) is 0 Å². The Morgan fingerprint density at radius 2 is 1.88 bits per heavy atom. The molecule has 3 aromatic rings. The second-order valence-electron chi connectivity index (χ2n) is 5.32. The number of aromatic nitrogens is 2. The lowest BCUT2D eigenvalue weighted by molar-refractivity contribution is 0.0971. The van der Waals surface area contributed by atoms with Gasteiger partial charge in [-0.25, -0.2) is 0 Å². The van der Waals surface area contributed by atoms with Crippen LogP contribution in [-0.2, 0) is 0 Å². The fraction of sp³-hybridized carbons (Fsp3) is 0.111. The lowest BCUT2D eigenvalue weighted by Crippen LogP contribution is -2.18. The fourth-order valence-corrected chi connectivity index (χ4v) is 2.99. The van der Waals surface area contributed by atoms with Crippen molar-refractivity contribution < 1.29 is 9.32 Å². The molecule has 1 aromatic heterocycles. The molecule has 2 aromatic carbocycles. The lowest BCUT2D eigenvalue weighted by Gasteiger charge is -2.13. The van der Waals surface area contributed by atoms with Crippen molar-refractivity contribution in [2.45, 2.75) is 10.8 Å². The Morgan fingerprint density at radius 3 is 2.67 bits per heavy atom. The zero-order chi connectivity index (χ0) is 16.5. The molecule has 4 rings (SSSR count). The second kappa shape index (κ2) is 6.05. The molecule has 5 nitrogen and oxygen atoms in total. The van der Waals surface area contributed by atoms with Crippen LogP contribution in [0.25, 0.3) is 11.4 Å². The van der Waals surface area contributed by atoms with Gasteiger partial charge in [-0.2, -0.15) is 4.98 Å². The fourth-order valence-electron chi connectivity index (χ4n) is 2.58. The van der Waals surface area contributed by atoms with Crippen molar-refractivity contribution in [3.63, 3.8) is 0 Å². The molecule has 1 aliphatic rings. The molecule has 24 heavy (non-hydrogen) atoms. The summed E-state index contributed by atoms with van der Waals surface area (Å²) >= 11 is 1.67. The van der Waals surface area contributed by atoms with E-state index in [9.17, 15) is 4.79 Å². The van der Waals surface area contributed by atoms with E-state index < -0.39 is 5.92 Å². The van der Waals surface area contributed by atoms with E-state index >= 15 is 0 Å². The monoisotopic (exact) mass is 335 g/mol. The number of hydrogen-bond acceptors (Lipinski definition) is 6. The molecule has 0 fully saturated rings. The van der Waals surface area contributed by atoms with E-state index in [-0.39, 0.29) is 11.7 Å². The van der Waals surface area contributed by atoms with Gasteiger partial charge in [-0.15, -0.1) is 11.8 Å². The smallest absolute Gasteiger partial charge is 0.243 e. The molecule has 118 valence electrons. The van der Waals surface area contributed by atoms with Crippen molar-refractivity contribution in [3.8, 4) is 11.4 Å². The number of carbonyl (C=O) groups is 1. The first-order valence-corrected chi connectivity index (χ1v) is 8.64. The predicted molar refractivity (Wildman–Crippen MR) is 93.2 cm³/mol. The molecular formula is C18H13N3O2S. The minimum Gasteiger partial charge on any atom is -0.338 e. The predicted octanol–water partition coefficient (Wildman–Crippen LogP) is 4.14. The van der Waals surface area contributed by atoms with Crippen molar-refractivity contribution in [2.75, 3.05) is 6.26 Å². The summed E-state index contributed by atoms with van der Waals surface area (Å²) in [6, 6.07) is 15.1. The van der Waals surface area contributed by atoms with Gasteiger partial charge in [-0.3, -0.25) is 9.79 Å². The van der Waals surface area contributed by atoms with Gasteiger partial charge in [0.05, 0.1) is 5.69 Å². The number of fused-ring (bicyclic) bond motifs is 1. The summed E-state index contributed by atoms with van der Waals surface area (Å²) in [5, 5.41) is 4.00. The molecule has 0 saturated heterocycles. The molecule has 6 heteroatoms. The maximum atomic E-state index is 12.6. The average Bonchev–Trinajstić information content (AvgIpc) is 3.12. The molecule has 0 N–H and O–H groups in total. The summed E-state index contributed by atoms with van der Waals surface area (Å²) in [6.45, 7) is 0.